The minimum Gasteiger partial charge on any atom is -0.353 e. The van der Waals surface area contributed by atoms with Gasteiger partial charge in [0.15, 0.2) is 0 Å². The fourth-order valence-electron chi connectivity index (χ4n) is 5.01. The number of aromatic nitrogens is 1. The van der Waals surface area contributed by atoms with Gasteiger partial charge in [-0.05, 0) is 68.8 Å². The van der Waals surface area contributed by atoms with E-state index in [1.807, 2.05) is 0 Å². The third-order valence-electron chi connectivity index (χ3n) is 6.88. The van der Waals surface area contributed by atoms with Crippen LogP contribution in [0.2, 0.25) is 0 Å². The van der Waals surface area contributed by atoms with Gasteiger partial charge in [-0.2, -0.15) is 0 Å². The Morgan fingerprint density at radius 3 is 2.62 bits per heavy atom. The Kier molecular flexibility index (Phi) is 7.22. The van der Waals surface area contributed by atoms with Crippen LogP contribution < -0.4 is 10.6 Å². The zero-order valence-electron chi connectivity index (χ0n) is 18.8. The van der Waals surface area contributed by atoms with E-state index in [-0.39, 0.29) is 24.2 Å². The van der Waals surface area contributed by atoms with Gasteiger partial charge in [0.05, 0.1) is 0 Å². The van der Waals surface area contributed by atoms with Crippen molar-refractivity contribution in [1.29, 1.82) is 0 Å². The molecular weight excluding hydrogens is 418 g/mol. The molecule has 1 unspecified atom stereocenters. The smallest absolute Gasteiger partial charge is 0.221 e. The summed E-state index contributed by atoms with van der Waals surface area (Å²) in [7, 11) is 0. The van der Waals surface area contributed by atoms with Crippen LogP contribution in [0.15, 0.2) is 54.7 Å². The Morgan fingerprint density at radius 1 is 1.09 bits per heavy atom. The number of piperidine rings is 1. The Morgan fingerprint density at radius 2 is 1.88 bits per heavy atom. The number of halogens is 1. The highest BCUT2D eigenvalue weighted by atomic mass is 35.5. The van der Waals surface area contributed by atoms with Crippen LogP contribution in [-0.4, -0.2) is 29.6 Å². The molecule has 0 radical (unpaired) electrons. The summed E-state index contributed by atoms with van der Waals surface area (Å²) in [6.07, 6.45) is 7.52. The van der Waals surface area contributed by atoms with Crippen molar-refractivity contribution in [3.8, 4) is 0 Å². The van der Waals surface area contributed by atoms with Gasteiger partial charge < -0.3 is 15.2 Å². The Hall–Kier alpha value is -2.30. The van der Waals surface area contributed by atoms with E-state index in [1.165, 1.54) is 40.4 Å². The molecule has 2 N–H and O–H groups in total. The van der Waals surface area contributed by atoms with Crippen LogP contribution in [0.25, 0.3) is 10.9 Å². The predicted octanol–water partition coefficient (Wildman–Crippen LogP) is 5.17. The number of hydrogen-bond acceptors (Lipinski definition) is 2. The first kappa shape index (κ1) is 22.9. The summed E-state index contributed by atoms with van der Waals surface area (Å²) in [5.41, 5.74) is 5.04. The van der Waals surface area contributed by atoms with Crippen molar-refractivity contribution in [3.63, 3.8) is 0 Å². The monoisotopic (exact) mass is 451 g/mol. The van der Waals surface area contributed by atoms with Gasteiger partial charge in [0, 0.05) is 42.0 Å². The normalized spacial score (nSPS) is 17.7. The largest absolute Gasteiger partial charge is 0.353 e. The van der Waals surface area contributed by atoms with E-state index in [4.69, 9.17) is 0 Å². The third kappa shape index (κ3) is 5.19. The number of para-hydroxylation sites is 1. The minimum atomic E-state index is 0. The van der Waals surface area contributed by atoms with Crippen LogP contribution in [0, 0.1) is 12.8 Å². The maximum absolute atomic E-state index is 13.1. The molecule has 170 valence electrons. The van der Waals surface area contributed by atoms with Crippen LogP contribution in [0.1, 0.15) is 54.7 Å². The lowest BCUT2D eigenvalue weighted by Gasteiger charge is -2.25. The molecule has 2 fully saturated rings. The summed E-state index contributed by atoms with van der Waals surface area (Å²) in [6.45, 7) is 5.19. The van der Waals surface area contributed by atoms with E-state index in [1.54, 1.807) is 0 Å². The van der Waals surface area contributed by atoms with Gasteiger partial charge in [-0.15, -0.1) is 12.4 Å². The molecule has 1 aliphatic heterocycles. The van der Waals surface area contributed by atoms with Crippen molar-refractivity contribution in [2.75, 3.05) is 13.1 Å². The highest BCUT2D eigenvalue weighted by Gasteiger charge is 2.27. The number of amides is 1. The van der Waals surface area contributed by atoms with Crippen molar-refractivity contribution in [2.24, 2.45) is 5.92 Å². The second-order valence-electron chi connectivity index (χ2n) is 9.46. The Bertz CT molecular complexity index is 1070. The van der Waals surface area contributed by atoms with E-state index in [2.05, 4.69) is 76.9 Å². The fourth-order valence-corrected chi connectivity index (χ4v) is 5.01. The molecule has 1 aromatic heterocycles. The van der Waals surface area contributed by atoms with Crippen molar-refractivity contribution in [1.82, 2.24) is 15.2 Å². The third-order valence-corrected chi connectivity index (χ3v) is 6.88. The van der Waals surface area contributed by atoms with E-state index >= 15 is 0 Å². The van der Waals surface area contributed by atoms with Gasteiger partial charge >= 0.3 is 0 Å². The number of nitrogens with zero attached hydrogens (tertiary/aromatic N) is 1. The molecule has 32 heavy (non-hydrogen) atoms. The van der Waals surface area contributed by atoms with Gasteiger partial charge in [-0.1, -0.05) is 48.0 Å². The van der Waals surface area contributed by atoms with Crippen molar-refractivity contribution < 1.29 is 4.79 Å². The Labute approximate surface area is 197 Å². The van der Waals surface area contributed by atoms with E-state index in [9.17, 15) is 4.79 Å². The number of aryl methyl sites for hydroxylation is 1. The van der Waals surface area contributed by atoms with Crippen molar-refractivity contribution >= 4 is 29.2 Å². The standard InChI is InChI=1S/C27H33N3O.ClH/c1-19-5-4-6-21(15-19)24(16-27(31)29-22-11-13-28-14-12-22)25-18-30(17-20-9-10-20)26-8-3-2-7-23(25)26;/h2-8,15,18,20,22,24,28H,9-14,16-17H2,1H3,(H,29,31);1H. The molecule has 0 bridgehead atoms. The second-order valence-corrected chi connectivity index (χ2v) is 9.46. The van der Waals surface area contributed by atoms with Crippen molar-refractivity contribution in [3.05, 3.63) is 71.4 Å². The number of carbonyl (C=O) groups excluding carboxylic acids is 1. The number of benzene rings is 2. The SMILES string of the molecule is Cc1cccc(C(CC(=O)NC2CCNCC2)c2cn(CC3CC3)c3ccccc23)c1.Cl. The number of nitrogens with one attached hydrogen (secondary N) is 2. The van der Waals surface area contributed by atoms with Gasteiger partial charge in [0.2, 0.25) is 5.91 Å². The lowest BCUT2D eigenvalue weighted by atomic mass is 9.87. The lowest BCUT2D eigenvalue weighted by molar-refractivity contribution is -0.122. The van der Waals surface area contributed by atoms with Crippen LogP contribution in [0.5, 0.6) is 0 Å². The van der Waals surface area contributed by atoms with Crippen LogP contribution in [0.3, 0.4) is 0 Å². The quantitative estimate of drug-likeness (QED) is 0.520. The number of carbonyl (C=O) groups is 1. The molecule has 2 heterocycles. The molecule has 5 heteroatoms. The van der Waals surface area contributed by atoms with Crippen LogP contribution >= 0.6 is 12.4 Å². The summed E-state index contributed by atoms with van der Waals surface area (Å²) >= 11 is 0. The average molecular weight is 452 g/mol. The van der Waals surface area contributed by atoms with Gasteiger partial charge in [-0.25, -0.2) is 0 Å². The number of rotatable bonds is 7. The molecule has 1 aliphatic carbocycles. The number of hydrogen-bond donors (Lipinski definition) is 2. The van der Waals surface area contributed by atoms with Gasteiger partial charge in [0.1, 0.15) is 0 Å². The van der Waals surface area contributed by atoms with Gasteiger partial charge in [0.25, 0.3) is 0 Å². The van der Waals surface area contributed by atoms with E-state index in [0.717, 1.165) is 38.4 Å². The second kappa shape index (κ2) is 10.1. The zero-order chi connectivity index (χ0) is 21.2. The molecule has 0 spiro atoms. The summed E-state index contributed by atoms with van der Waals surface area (Å²) in [5, 5.41) is 7.97. The van der Waals surface area contributed by atoms with E-state index < -0.39 is 0 Å². The highest BCUT2D eigenvalue weighted by molar-refractivity contribution is 5.87. The molecule has 1 amide bonds. The molecule has 1 saturated carbocycles. The van der Waals surface area contributed by atoms with Crippen molar-refractivity contribution in [2.45, 2.75) is 57.5 Å². The maximum atomic E-state index is 13.1. The minimum absolute atomic E-state index is 0. The molecule has 1 saturated heterocycles. The first-order chi connectivity index (χ1) is 15.2. The molecule has 4 nitrogen and oxygen atoms in total. The first-order valence-corrected chi connectivity index (χ1v) is 11.8. The van der Waals surface area contributed by atoms with Crippen LogP contribution in [0.4, 0.5) is 0 Å². The molecule has 2 aromatic carbocycles. The topological polar surface area (TPSA) is 46.1 Å². The van der Waals surface area contributed by atoms with Crippen LogP contribution in [-0.2, 0) is 11.3 Å². The summed E-state index contributed by atoms with van der Waals surface area (Å²) in [5.74, 6) is 1.04. The first-order valence-electron chi connectivity index (χ1n) is 11.8. The predicted molar refractivity (Wildman–Crippen MR) is 134 cm³/mol. The number of fused-ring (bicyclic) bond motifs is 1. The summed E-state index contributed by atoms with van der Waals surface area (Å²) < 4.78 is 2.43. The summed E-state index contributed by atoms with van der Waals surface area (Å²) in [4.78, 5) is 13.1. The average Bonchev–Trinajstić information content (AvgIpc) is 3.53. The summed E-state index contributed by atoms with van der Waals surface area (Å²) in [6, 6.07) is 17.7. The van der Waals surface area contributed by atoms with E-state index in [0.29, 0.717) is 12.5 Å². The fraction of sp³-hybridized carbons (Fsp3) is 0.444. The molecule has 1 atom stereocenters. The molecule has 5 rings (SSSR count). The zero-order valence-corrected chi connectivity index (χ0v) is 19.7. The molecule has 3 aromatic rings. The molecule has 2 aliphatic rings. The Balaban J connectivity index is 0.00000245. The molecular formula is C27H34ClN3O. The highest BCUT2D eigenvalue weighted by Crippen LogP contribution is 2.37. The lowest BCUT2D eigenvalue weighted by Crippen LogP contribution is -2.43. The maximum Gasteiger partial charge on any atom is 0.221 e. The van der Waals surface area contributed by atoms with Gasteiger partial charge in [-0.3, -0.25) is 4.79 Å².